The van der Waals surface area contributed by atoms with Crippen molar-refractivity contribution in [3.8, 4) is 0 Å². The molecule has 4 heteroatoms. The van der Waals surface area contributed by atoms with Crippen LogP contribution >= 0.6 is 0 Å². The maximum atomic E-state index is 6.03. The highest BCUT2D eigenvalue weighted by molar-refractivity contribution is 5.17. The predicted octanol–water partition coefficient (Wildman–Crippen LogP) is -0.224. The maximum Gasteiger partial charge on any atom is 0.0525 e. The second-order valence-electron chi connectivity index (χ2n) is 3.94. The third-order valence-corrected chi connectivity index (χ3v) is 2.70. The highest BCUT2D eigenvalue weighted by atomic mass is 15.2. The van der Waals surface area contributed by atoms with Gasteiger partial charge < -0.3 is 10.6 Å². The van der Waals surface area contributed by atoms with Crippen molar-refractivity contribution in [1.82, 2.24) is 14.7 Å². The van der Waals surface area contributed by atoms with Crippen LogP contribution in [0.4, 0.5) is 0 Å². The van der Waals surface area contributed by atoms with Crippen LogP contribution in [0.5, 0.6) is 0 Å². The quantitative estimate of drug-likeness (QED) is 0.650. The van der Waals surface area contributed by atoms with Crippen LogP contribution in [0.3, 0.4) is 0 Å². The van der Waals surface area contributed by atoms with E-state index in [2.05, 4.69) is 23.2 Å². The highest BCUT2D eigenvalue weighted by Gasteiger charge is 2.29. The summed E-state index contributed by atoms with van der Waals surface area (Å²) in [4.78, 5) is 2.27. The van der Waals surface area contributed by atoms with E-state index >= 15 is 0 Å². The zero-order valence-electron chi connectivity index (χ0n) is 8.14. The summed E-state index contributed by atoms with van der Waals surface area (Å²) < 4.78 is 1.83. The van der Waals surface area contributed by atoms with E-state index < -0.39 is 0 Å². The average molecular weight is 180 g/mol. The molecule has 1 aliphatic heterocycles. The van der Waals surface area contributed by atoms with Gasteiger partial charge in [0.05, 0.1) is 6.20 Å². The molecule has 0 aromatic carbocycles. The second-order valence-corrected chi connectivity index (χ2v) is 3.94. The molecule has 1 fully saturated rings. The van der Waals surface area contributed by atoms with Crippen LogP contribution in [0, 0.1) is 0 Å². The molecule has 2 heterocycles. The molecule has 0 saturated carbocycles. The zero-order chi connectivity index (χ0) is 9.42. The molecule has 1 saturated heterocycles. The Morgan fingerprint density at radius 3 is 2.69 bits per heavy atom. The van der Waals surface area contributed by atoms with Gasteiger partial charge in [0, 0.05) is 38.3 Å². The van der Waals surface area contributed by atoms with Crippen LogP contribution in [0.2, 0.25) is 0 Å². The van der Waals surface area contributed by atoms with Crippen LogP contribution < -0.4 is 5.73 Å². The van der Waals surface area contributed by atoms with E-state index in [4.69, 9.17) is 5.73 Å². The summed E-state index contributed by atoms with van der Waals surface area (Å²) in [6, 6.07) is 0.259. The largest absolute Gasteiger partial charge is 0.326 e. The number of aromatic nitrogens is 2. The van der Waals surface area contributed by atoms with Crippen molar-refractivity contribution >= 4 is 0 Å². The molecule has 2 rings (SSSR count). The summed E-state index contributed by atoms with van der Waals surface area (Å²) in [5.74, 6) is 0.457. The molecule has 1 aromatic heterocycles. The third kappa shape index (κ3) is 1.59. The minimum Gasteiger partial charge on any atom is -0.326 e. The lowest BCUT2D eigenvalue weighted by Gasteiger charge is -2.10. The van der Waals surface area contributed by atoms with E-state index in [1.165, 1.54) is 5.56 Å². The van der Waals surface area contributed by atoms with Crippen LogP contribution in [0.1, 0.15) is 11.5 Å². The third-order valence-electron chi connectivity index (χ3n) is 2.70. The summed E-state index contributed by atoms with van der Waals surface area (Å²) in [5.41, 5.74) is 7.30. The van der Waals surface area contributed by atoms with Gasteiger partial charge in [-0.05, 0) is 12.6 Å². The lowest BCUT2D eigenvalue weighted by molar-refractivity contribution is 0.407. The van der Waals surface area contributed by atoms with Gasteiger partial charge in [0.2, 0.25) is 0 Å². The maximum absolute atomic E-state index is 6.03. The number of nitrogens with zero attached hydrogens (tertiary/aromatic N) is 3. The first kappa shape index (κ1) is 8.72. The molecular weight excluding hydrogens is 164 g/mol. The Bertz CT molecular complexity index is 294. The normalized spacial score (nSPS) is 29.8. The van der Waals surface area contributed by atoms with Crippen LogP contribution in [0.25, 0.3) is 0 Å². The van der Waals surface area contributed by atoms with Crippen molar-refractivity contribution in [2.24, 2.45) is 12.8 Å². The van der Waals surface area contributed by atoms with Gasteiger partial charge in [-0.15, -0.1) is 0 Å². The van der Waals surface area contributed by atoms with E-state index in [0.717, 1.165) is 13.1 Å². The molecule has 2 N–H and O–H groups in total. The van der Waals surface area contributed by atoms with E-state index in [0.29, 0.717) is 5.92 Å². The number of nitrogens with two attached hydrogens (primary N) is 1. The van der Waals surface area contributed by atoms with Gasteiger partial charge in [0.1, 0.15) is 0 Å². The van der Waals surface area contributed by atoms with Crippen molar-refractivity contribution < 1.29 is 0 Å². The minimum atomic E-state index is 0.259. The van der Waals surface area contributed by atoms with Crippen molar-refractivity contribution in [2.75, 3.05) is 20.1 Å². The molecule has 0 bridgehead atoms. The lowest BCUT2D eigenvalue weighted by atomic mass is 9.98. The van der Waals surface area contributed by atoms with E-state index in [-0.39, 0.29) is 6.04 Å². The Balaban J connectivity index is 2.17. The first-order valence-electron chi connectivity index (χ1n) is 4.59. The lowest BCUT2D eigenvalue weighted by Crippen LogP contribution is -2.27. The van der Waals surface area contributed by atoms with Gasteiger partial charge in [0.25, 0.3) is 0 Å². The fourth-order valence-corrected chi connectivity index (χ4v) is 2.02. The molecule has 13 heavy (non-hydrogen) atoms. The van der Waals surface area contributed by atoms with E-state index in [1.54, 1.807) is 0 Å². The Hall–Kier alpha value is -0.870. The number of hydrogen-bond acceptors (Lipinski definition) is 3. The summed E-state index contributed by atoms with van der Waals surface area (Å²) in [5, 5.41) is 4.16. The van der Waals surface area contributed by atoms with E-state index in [1.807, 2.05) is 17.9 Å². The van der Waals surface area contributed by atoms with Crippen LogP contribution in [-0.2, 0) is 7.05 Å². The molecule has 2 unspecified atom stereocenters. The average Bonchev–Trinajstić information content (AvgIpc) is 2.58. The zero-order valence-corrected chi connectivity index (χ0v) is 8.14. The summed E-state index contributed by atoms with van der Waals surface area (Å²) in [7, 11) is 4.05. The summed E-state index contributed by atoms with van der Waals surface area (Å²) in [6.07, 6.45) is 3.98. The minimum absolute atomic E-state index is 0.259. The first-order valence-corrected chi connectivity index (χ1v) is 4.59. The summed E-state index contributed by atoms with van der Waals surface area (Å²) in [6.45, 7) is 2.03. The van der Waals surface area contributed by atoms with Crippen molar-refractivity contribution in [2.45, 2.75) is 12.0 Å². The molecule has 2 atom stereocenters. The standard InChI is InChI=1S/C9H16N4/c1-12-5-8(9(10)6-12)7-3-11-13(2)4-7/h3-4,8-9H,5-6,10H2,1-2H3. The van der Waals surface area contributed by atoms with Gasteiger partial charge in [-0.25, -0.2) is 0 Å². The number of likely N-dealkylation sites (tertiary alicyclic amines) is 1. The highest BCUT2D eigenvalue weighted by Crippen LogP contribution is 2.24. The molecule has 1 aliphatic rings. The van der Waals surface area contributed by atoms with Crippen LogP contribution in [-0.4, -0.2) is 40.9 Å². The Labute approximate surface area is 78.3 Å². The molecule has 0 radical (unpaired) electrons. The van der Waals surface area contributed by atoms with Crippen molar-refractivity contribution in [3.05, 3.63) is 18.0 Å². The topological polar surface area (TPSA) is 47.1 Å². The summed E-state index contributed by atoms with van der Waals surface area (Å²) >= 11 is 0. The van der Waals surface area contributed by atoms with Gasteiger partial charge in [-0.2, -0.15) is 5.10 Å². The molecule has 0 aliphatic carbocycles. The molecule has 72 valence electrons. The number of hydrogen-bond donors (Lipinski definition) is 1. The monoisotopic (exact) mass is 180 g/mol. The predicted molar refractivity (Wildman–Crippen MR) is 51.4 cm³/mol. The first-order chi connectivity index (χ1) is 6.16. The Morgan fingerprint density at radius 1 is 1.46 bits per heavy atom. The van der Waals surface area contributed by atoms with E-state index in [9.17, 15) is 0 Å². The van der Waals surface area contributed by atoms with Gasteiger partial charge in [-0.3, -0.25) is 4.68 Å². The molecular formula is C9H16N4. The number of aryl methyl sites for hydroxylation is 1. The van der Waals surface area contributed by atoms with Crippen molar-refractivity contribution in [1.29, 1.82) is 0 Å². The van der Waals surface area contributed by atoms with Gasteiger partial charge in [-0.1, -0.05) is 0 Å². The molecule has 1 aromatic rings. The number of likely N-dealkylation sites (N-methyl/N-ethyl adjacent to an activating group) is 1. The Morgan fingerprint density at radius 2 is 2.23 bits per heavy atom. The SMILES string of the molecule is CN1CC(N)C(c2cnn(C)c2)C1. The fourth-order valence-electron chi connectivity index (χ4n) is 2.02. The second kappa shape index (κ2) is 3.12. The van der Waals surface area contributed by atoms with Gasteiger partial charge >= 0.3 is 0 Å². The van der Waals surface area contributed by atoms with Crippen molar-refractivity contribution in [3.63, 3.8) is 0 Å². The molecule has 4 nitrogen and oxygen atoms in total. The number of rotatable bonds is 1. The smallest absolute Gasteiger partial charge is 0.0525 e. The Kier molecular flexibility index (Phi) is 2.09. The van der Waals surface area contributed by atoms with Crippen LogP contribution in [0.15, 0.2) is 12.4 Å². The molecule has 0 spiro atoms. The fraction of sp³-hybridized carbons (Fsp3) is 0.667. The van der Waals surface area contributed by atoms with Gasteiger partial charge in [0.15, 0.2) is 0 Å². The molecule has 0 amide bonds.